The Bertz CT molecular complexity index is 1610. The van der Waals surface area contributed by atoms with Gasteiger partial charge in [0.25, 0.3) is 11.9 Å². The summed E-state index contributed by atoms with van der Waals surface area (Å²) in [5.41, 5.74) is 4.34. The second-order valence-corrected chi connectivity index (χ2v) is 8.35. The first kappa shape index (κ1) is 24.2. The number of pyridine rings is 2. The van der Waals surface area contributed by atoms with Gasteiger partial charge in [0.1, 0.15) is 11.5 Å². The summed E-state index contributed by atoms with van der Waals surface area (Å²) in [4.78, 5) is 34.4. The van der Waals surface area contributed by atoms with Gasteiger partial charge >= 0.3 is 5.89 Å². The molecule has 11 heteroatoms. The number of nitrogens with one attached hydrogen (secondary N) is 2. The second-order valence-electron chi connectivity index (χ2n) is 8.35. The first-order chi connectivity index (χ1) is 18.5. The second kappa shape index (κ2) is 10.6. The molecule has 2 N–H and O–H groups in total. The third kappa shape index (κ3) is 5.50. The van der Waals surface area contributed by atoms with Gasteiger partial charge in [0, 0.05) is 35.3 Å². The lowest BCUT2D eigenvalue weighted by atomic mass is 10.1. The highest BCUT2D eigenvalue weighted by atomic mass is 16.5. The van der Waals surface area contributed by atoms with E-state index in [0.29, 0.717) is 22.9 Å². The van der Waals surface area contributed by atoms with Gasteiger partial charge in [-0.05, 0) is 42.8 Å². The molecule has 1 amide bonds. The van der Waals surface area contributed by atoms with Crippen molar-refractivity contribution in [3.05, 3.63) is 95.9 Å². The van der Waals surface area contributed by atoms with Gasteiger partial charge in [-0.25, -0.2) is 9.97 Å². The highest BCUT2D eigenvalue weighted by molar-refractivity contribution is 5.92. The van der Waals surface area contributed by atoms with Gasteiger partial charge in [0.05, 0.1) is 11.7 Å². The van der Waals surface area contributed by atoms with Crippen LogP contribution in [0.3, 0.4) is 0 Å². The Labute approximate surface area is 217 Å². The van der Waals surface area contributed by atoms with Gasteiger partial charge in [-0.1, -0.05) is 36.4 Å². The lowest BCUT2D eigenvalue weighted by Gasteiger charge is -2.14. The lowest BCUT2D eigenvalue weighted by molar-refractivity contribution is 0.0935. The molecule has 0 spiro atoms. The molecule has 4 heterocycles. The fourth-order valence-corrected chi connectivity index (χ4v) is 3.65. The topological polar surface area (TPSA) is 155 Å². The molecule has 0 fully saturated rings. The van der Waals surface area contributed by atoms with Gasteiger partial charge in [0.15, 0.2) is 11.9 Å². The van der Waals surface area contributed by atoms with E-state index in [0.717, 1.165) is 16.8 Å². The van der Waals surface area contributed by atoms with Crippen LogP contribution in [-0.2, 0) is 0 Å². The largest absolute Gasteiger partial charge is 0.344 e. The number of amides is 1. The molecule has 1 aromatic carbocycles. The quantitative estimate of drug-likeness (QED) is 0.326. The van der Waals surface area contributed by atoms with Crippen LogP contribution in [-0.4, -0.2) is 36.0 Å². The van der Waals surface area contributed by atoms with Crippen molar-refractivity contribution in [2.75, 3.05) is 5.32 Å². The molecule has 5 rings (SSSR count). The molecule has 4 aromatic heterocycles. The highest BCUT2D eigenvalue weighted by Gasteiger charge is 2.15. The molecule has 0 bridgehead atoms. The van der Waals surface area contributed by atoms with Crippen LogP contribution < -0.4 is 10.6 Å². The van der Waals surface area contributed by atoms with Crippen LogP contribution in [0.25, 0.3) is 22.6 Å². The van der Waals surface area contributed by atoms with E-state index in [1.165, 1.54) is 6.20 Å². The third-order valence-electron chi connectivity index (χ3n) is 5.57. The number of nitrogens with zero attached hydrogens (tertiary/aromatic N) is 7. The zero-order chi connectivity index (χ0) is 26.5. The SMILES string of the molecule is Cc1cc(Nc2noc(C#N)n2)nc(-c2ccc(C(=O)NC(C)c3ccc(-c4ccccc4)nc3)nc2)n1. The standard InChI is InChI=1S/C27H21N9O2/c1-16-12-23(34-27-35-24(13-28)38-36-27)33-25(31-16)20-9-11-22(30-15-20)26(37)32-17(2)19-8-10-21(29-14-19)18-6-4-3-5-7-18/h3-12,14-15,17H,1-2H3,(H,32,37)(H,31,33,34,36). The van der Waals surface area contributed by atoms with Crippen LogP contribution in [0.2, 0.25) is 0 Å². The molecular formula is C27H21N9O2. The van der Waals surface area contributed by atoms with Crippen molar-refractivity contribution < 1.29 is 9.32 Å². The number of rotatable bonds is 7. The number of aromatic nitrogens is 6. The molecule has 1 atom stereocenters. The van der Waals surface area contributed by atoms with Crippen molar-refractivity contribution in [3.63, 3.8) is 0 Å². The molecule has 11 nitrogen and oxygen atoms in total. The number of carbonyl (C=O) groups excluding carboxylic acids is 1. The summed E-state index contributed by atoms with van der Waals surface area (Å²) < 4.78 is 4.77. The van der Waals surface area contributed by atoms with E-state index in [1.54, 1.807) is 30.5 Å². The Morgan fingerprint density at radius 1 is 0.974 bits per heavy atom. The maximum atomic E-state index is 12.8. The zero-order valence-corrected chi connectivity index (χ0v) is 20.5. The number of anilines is 2. The minimum atomic E-state index is -0.311. The number of nitriles is 1. The molecule has 0 aliphatic carbocycles. The van der Waals surface area contributed by atoms with E-state index in [4.69, 9.17) is 9.78 Å². The maximum absolute atomic E-state index is 12.8. The van der Waals surface area contributed by atoms with Crippen molar-refractivity contribution in [2.45, 2.75) is 19.9 Å². The molecule has 186 valence electrons. The summed E-state index contributed by atoms with van der Waals surface area (Å²) in [6.07, 6.45) is 3.30. The lowest BCUT2D eigenvalue weighted by Crippen LogP contribution is -2.27. The normalized spacial score (nSPS) is 11.4. The van der Waals surface area contributed by atoms with E-state index in [9.17, 15) is 4.79 Å². The zero-order valence-electron chi connectivity index (χ0n) is 20.5. The van der Waals surface area contributed by atoms with E-state index in [-0.39, 0.29) is 29.5 Å². The minimum Gasteiger partial charge on any atom is -0.344 e. The van der Waals surface area contributed by atoms with Crippen molar-refractivity contribution in [1.29, 1.82) is 5.26 Å². The number of hydrogen-bond donors (Lipinski definition) is 2. The first-order valence-electron chi connectivity index (χ1n) is 11.6. The average Bonchev–Trinajstić information content (AvgIpc) is 3.41. The van der Waals surface area contributed by atoms with E-state index >= 15 is 0 Å². The Hall–Kier alpha value is -5.50. The van der Waals surface area contributed by atoms with Crippen LogP contribution in [0.5, 0.6) is 0 Å². The molecule has 5 aromatic rings. The predicted octanol–water partition coefficient (Wildman–Crippen LogP) is 4.40. The number of carbonyl (C=O) groups is 1. The summed E-state index contributed by atoms with van der Waals surface area (Å²) in [5, 5.41) is 18.3. The molecule has 0 saturated heterocycles. The van der Waals surface area contributed by atoms with E-state index in [1.807, 2.05) is 56.3 Å². The van der Waals surface area contributed by atoms with Gasteiger partial charge in [0.2, 0.25) is 0 Å². The molecule has 38 heavy (non-hydrogen) atoms. The van der Waals surface area contributed by atoms with Gasteiger partial charge in [-0.3, -0.25) is 14.8 Å². The number of benzene rings is 1. The maximum Gasteiger partial charge on any atom is 0.330 e. The fourth-order valence-electron chi connectivity index (χ4n) is 3.65. The molecular weight excluding hydrogens is 482 g/mol. The smallest absolute Gasteiger partial charge is 0.330 e. The van der Waals surface area contributed by atoms with E-state index < -0.39 is 0 Å². The molecule has 0 aliphatic rings. The summed E-state index contributed by atoms with van der Waals surface area (Å²) in [6.45, 7) is 3.70. The van der Waals surface area contributed by atoms with Gasteiger partial charge < -0.3 is 15.2 Å². The monoisotopic (exact) mass is 503 g/mol. The average molecular weight is 504 g/mol. The summed E-state index contributed by atoms with van der Waals surface area (Å²) >= 11 is 0. The summed E-state index contributed by atoms with van der Waals surface area (Å²) in [5.74, 6) is 0.449. The van der Waals surface area contributed by atoms with Crippen molar-refractivity contribution in [1.82, 2.24) is 35.4 Å². The van der Waals surface area contributed by atoms with Crippen LogP contribution in [0.15, 0.2) is 77.6 Å². The first-order valence-corrected chi connectivity index (χ1v) is 11.6. The van der Waals surface area contributed by atoms with Crippen LogP contribution in [0.4, 0.5) is 11.8 Å². The number of aryl methyl sites for hydroxylation is 1. The third-order valence-corrected chi connectivity index (χ3v) is 5.57. The molecule has 1 unspecified atom stereocenters. The summed E-state index contributed by atoms with van der Waals surface area (Å²) in [7, 11) is 0. The van der Waals surface area contributed by atoms with Crippen LogP contribution >= 0.6 is 0 Å². The van der Waals surface area contributed by atoms with Crippen molar-refractivity contribution in [2.24, 2.45) is 0 Å². The van der Waals surface area contributed by atoms with Gasteiger partial charge in [-0.2, -0.15) is 10.2 Å². The molecule has 0 radical (unpaired) electrons. The van der Waals surface area contributed by atoms with Crippen molar-refractivity contribution >= 4 is 17.7 Å². The highest BCUT2D eigenvalue weighted by Crippen LogP contribution is 2.21. The van der Waals surface area contributed by atoms with E-state index in [2.05, 4.69) is 40.7 Å². The number of hydrogen-bond acceptors (Lipinski definition) is 10. The van der Waals surface area contributed by atoms with Gasteiger partial charge in [-0.15, -0.1) is 0 Å². The van der Waals surface area contributed by atoms with Crippen LogP contribution in [0, 0.1) is 18.3 Å². The van der Waals surface area contributed by atoms with Crippen molar-refractivity contribution in [3.8, 4) is 28.7 Å². The summed E-state index contributed by atoms with van der Waals surface area (Å²) in [6, 6.07) is 20.3. The fraction of sp³-hybridized carbons (Fsp3) is 0.111. The molecule has 0 saturated carbocycles. The Morgan fingerprint density at radius 2 is 1.82 bits per heavy atom. The Kier molecular flexibility index (Phi) is 6.77. The van der Waals surface area contributed by atoms with Crippen LogP contribution in [0.1, 0.15) is 40.6 Å². The Balaban J connectivity index is 1.26. The minimum absolute atomic E-state index is 0.106. The molecule has 0 aliphatic heterocycles. The Morgan fingerprint density at radius 3 is 2.50 bits per heavy atom. The predicted molar refractivity (Wildman–Crippen MR) is 138 cm³/mol.